The number of amides is 4. The molecule has 4 amide bonds. The molecule has 8 heteroatoms. The summed E-state index contributed by atoms with van der Waals surface area (Å²) in [6.07, 6.45) is 4.27. The minimum Gasteiger partial charge on any atom is -0.341 e. The Hall–Kier alpha value is -3.55. The predicted octanol–water partition coefficient (Wildman–Crippen LogP) is 3.37. The predicted molar refractivity (Wildman–Crippen MR) is 135 cm³/mol. The Morgan fingerprint density at radius 1 is 0.800 bits per heavy atom. The smallest absolute Gasteiger partial charge is 0.321 e. The number of rotatable bonds is 4. The van der Waals surface area contributed by atoms with Crippen LogP contribution in [0.5, 0.6) is 0 Å². The number of nitrogens with zero attached hydrogens (tertiary/aromatic N) is 4. The molecule has 0 unspecified atom stereocenters. The zero-order valence-electron chi connectivity index (χ0n) is 20.1. The van der Waals surface area contributed by atoms with Gasteiger partial charge in [0.2, 0.25) is 5.91 Å². The van der Waals surface area contributed by atoms with Gasteiger partial charge in [0.25, 0.3) is 5.91 Å². The van der Waals surface area contributed by atoms with Gasteiger partial charge >= 0.3 is 6.03 Å². The van der Waals surface area contributed by atoms with Gasteiger partial charge in [-0.05, 0) is 56.4 Å². The number of para-hydroxylation sites is 2. The Balaban J connectivity index is 1.31. The van der Waals surface area contributed by atoms with E-state index in [0.717, 1.165) is 43.7 Å². The molecular weight excluding hydrogens is 442 g/mol. The van der Waals surface area contributed by atoms with E-state index in [1.54, 1.807) is 9.80 Å². The molecule has 3 saturated heterocycles. The average Bonchev–Trinajstić information content (AvgIpc) is 3.16. The molecule has 0 saturated carbocycles. The van der Waals surface area contributed by atoms with Gasteiger partial charge in [-0.25, -0.2) is 4.79 Å². The van der Waals surface area contributed by atoms with Crippen molar-refractivity contribution in [1.29, 1.82) is 0 Å². The zero-order chi connectivity index (χ0) is 24.3. The summed E-state index contributed by atoms with van der Waals surface area (Å²) in [6.45, 7) is 3.00. The van der Waals surface area contributed by atoms with E-state index < -0.39 is 5.54 Å². The zero-order valence-corrected chi connectivity index (χ0v) is 20.1. The van der Waals surface area contributed by atoms with Crippen molar-refractivity contribution in [3.8, 4) is 0 Å². The number of hydrogen-bond acceptors (Lipinski definition) is 4. The number of urea groups is 1. The highest BCUT2D eigenvalue weighted by atomic mass is 16.2. The van der Waals surface area contributed by atoms with Crippen molar-refractivity contribution in [3.63, 3.8) is 0 Å². The minimum absolute atomic E-state index is 0.00479. The fourth-order valence-electron chi connectivity index (χ4n) is 5.53. The summed E-state index contributed by atoms with van der Waals surface area (Å²) in [5, 5.41) is 2.94. The summed E-state index contributed by atoms with van der Waals surface area (Å²) in [5.74, 6) is 0.0256. The minimum atomic E-state index is -0.743. The fourth-order valence-corrected chi connectivity index (χ4v) is 5.53. The SMILES string of the molecule is O=C(CN1CN(c2ccccc2)C2(CCN(C(=O)Nc3ccccc3)CC2)C1=O)N1CCCCC1. The van der Waals surface area contributed by atoms with E-state index in [0.29, 0.717) is 32.6 Å². The first-order valence-corrected chi connectivity index (χ1v) is 12.6. The second kappa shape index (κ2) is 9.98. The van der Waals surface area contributed by atoms with E-state index in [9.17, 15) is 14.4 Å². The van der Waals surface area contributed by atoms with Crippen molar-refractivity contribution in [1.82, 2.24) is 14.7 Å². The quantitative estimate of drug-likeness (QED) is 0.736. The molecule has 3 fully saturated rings. The number of carbonyl (C=O) groups excluding carboxylic acids is 3. The Bertz CT molecular complexity index is 1050. The van der Waals surface area contributed by atoms with Gasteiger partial charge in [0.1, 0.15) is 12.1 Å². The van der Waals surface area contributed by atoms with Crippen LogP contribution in [0.4, 0.5) is 16.2 Å². The van der Waals surface area contributed by atoms with Crippen LogP contribution in [-0.2, 0) is 9.59 Å². The van der Waals surface area contributed by atoms with Crippen molar-refractivity contribution in [2.45, 2.75) is 37.6 Å². The van der Waals surface area contributed by atoms with Crippen molar-refractivity contribution >= 4 is 29.2 Å². The normalized spacial score (nSPS) is 19.8. The largest absolute Gasteiger partial charge is 0.341 e. The number of piperidine rings is 2. The van der Waals surface area contributed by atoms with Crippen molar-refractivity contribution in [2.24, 2.45) is 0 Å². The molecule has 0 aromatic heterocycles. The van der Waals surface area contributed by atoms with Crippen LogP contribution in [0.25, 0.3) is 0 Å². The maximum Gasteiger partial charge on any atom is 0.321 e. The van der Waals surface area contributed by atoms with Gasteiger partial charge in [-0.2, -0.15) is 0 Å². The van der Waals surface area contributed by atoms with Gasteiger partial charge in [-0.15, -0.1) is 0 Å². The molecule has 0 bridgehead atoms. The highest BCUT2D eigenvalue weighted by Gasteiger charge is 2.54. The maximum atomic E-state index is 13.8. The van der Waals surface area contributed by atoms with Gasteiger partial charge in [0.05, 0.1) is 6.67 Å². The lowest BCUT2D eigenvalue weighted by molar-refractivity contribution is -0.141. The number of likely N-dealkylation sites (tertiary alicyclic amines) is 2. The van der Waals surface area contributed by atoms with E-state index in [4.69, 9.17) is 0 Å². The molecule has 35 heavy (non-hydrogen) atoms. The molecule has 1 N–H and O–H groups in total. The van der Waals surface area contributed by atoms with Crippen LogP contribution >= 0.6 is 0 Å². The molecule has 184 valence electrons. The third-order valence-electron chi connectivity index (χ3n) is 7.52. The molecule has 8 nitrogen and oxygen atoms in total. The summed E-state index contributed by atoms with van der Waals surface area (Å²) in [4.78, 5) is 47.2. The van der Waals surface area contributed by atoms with Crippen LogP contribution in [0, 0.1) is 0 Å². The van der Waals surface area contributed by atoms with E-state index in [1.165, 1.54) is 0 Å². The summed E-state index contributed by atoms with van der Waals surface area (Å²) < 4.78 is 0. The van der Waals surface area contributed by atoms with E-state index in [1.807, 2.05) is 65.6 Å². The van der Waals surface area contributed by atoms with Gasteiger partial charge in [0, 0.05) is 37.6 Å². The third kappa shape index (κ3) is 4.70. The van der Waals surface area contributed by atoms with Crippen LogP contribution < -0.4 is 10.2 Å². The van der Waals surface area contributed by atoms with E-state index >= 15 is 0 Å². The van der Waals surface area contributed by atoms with Crippen molar-refractivity contribution in [3.05, 3.63) is 60.7 Å². The molecule has 3 heterocycles. The fraction of sp³-hybridized carbons (Fsp3) is 0.444. The Labute approximate surface area is 206 Å². The van der Waals surface area contributed by atoms with E-state index in [-0.39, 0.29) is 24.4 Å². The Kier molecular flexibility index (Phi) is 6.61. The number of hydrogen-bond donors (Lipinski definition) is 1. The number of anilines is 2. The molecule has 5 rings (SSSR count). The Morgan fingerprint density at radius 3 is 2.09 bits per heavy atom. The average molecular weight is 476 g/mol. The second-order valence-electron chi connectivity index (χ2n) is 9.66. The number of benzene rings is 2. The van der Waals surface area contributed by atoms with E-state index in [2.05, 4.69) is 10.2 Å². The highest BCUT2D eigenvalue weighted by Crippen LogP contribution is 2.39. The molecule has 3 aliphatic heterocycles. The van der Waals surface area contributed by atoms with Crippen LogP contribution in [0.15, 0.2) is 60.7 Å². The second-order valence-corrected chi connectivity index (χ2v) is 9.66. The molecule has 0 atom stereocenters. The summed E-state index contributed by atoms with van der Waals surface area (Å²) in [6, 6.07) is 19.2. The van der Waals surface area contributed by atoms with Crippen LogP contribution in [0.2, 0.25) is 0 Å². The highest BCUT2D eigenvalue weighted by molar-refractivity contribution is 5.97. The lowest BCUT2D eigenvalue weighted by Crippen LogP contribution is -2.58. The standard InChI is InChI=1S/C27H33N5O3/c33-24(29-16-8-3-9-17-29)20-31-21-32(23-12-6-2-7-13-23)27(25(31)34)14-18-30(19-15-27)26(35)28-22-10-4-1-5-11-22/h1-2,4-7,10-13H,3,8-9,14-21H2,(H,28,35). The first kappa shape index (κ1) is 23.2. The first-order chi connectivity index (χ1) is 17.1. The summed E-state index contributed by atoms with van der Waals surface area (Å²) in [7, 11) is 0. The maximum absolute atomic E-state index is 13.8. The summed E-state index contributed by atoms with van der Waals surface area (Å²) in [5.41, 5.74) is 0.978. The van der Waals surface area contributed by atoms with Crippen LogP contribution in [0.1, 0.15) is 32.1 Å². The number of nitrogens with one attached hydrogen (secondary N) is 1. The Morgan fingerprint density at radius 2 is 1.43 bits per heavy atom. The van der Waals surface area contributed by atoms with Gasteiger partial charge in [0.15, 0.2) is 0 Å². The van der Waals surface area contributed by atoms with Crippen molar-refractivity contribution in [2.75, 3.05) is 49.6 Å². The first-order valence-electron chi connectivity index (χ1n) is 12.6. The molecule has 0 aliphatic carbocycles. The van der Waals surface area contributed by atoms with Gasteiger partial charge in [-0.1, -0.05) is 36.4 Å². The lowest BCUT2D eigenvalue weighted by atomic mass is 9.85. The summed E-state index contributed by atoms with van der Waals surface area (Å²) >= 11 is 0. The molecule has 2 aromatic carbocycles. The monoisotopic (exact) mass is 475 g/mol. The van der Waals surface area contributed by atoms with Crippen LogP contribution in [0.3, 0.4) is 0 Å². The van der Waals surface area contributed by atoms with Gasteiger partial charge in [-0.3, -0.25) is 9.59 Å². The molecule has 3 aliphatic rings. The van der Waals surface area contributed by atoms with Crippen LogP contribution in [-0.4, -0.2) is 77.5 Å². The molecule has 2 aromatic rings. The van der Waals surface area contributed by atoms with Gasteiger partial charge < -0.3 is 24.9 Å². The molecule has 1 spiro atoms. The lowest BCUT2D eigenvalue weighted by Gasteiger charge is -2.43. The molecule has 0 radical (unpaired) electrons. The van der Waals surface area contributed by atoms with Crippen molar-refractivity contribution < 1.29 is 14.4 Å². The number of carbonyl (C=O) groups is 3. The third-order valence-corrected chi connectivity index (χ3v) is 7.52. The molecular formula is C27H33N5O3. The topological polar surface area (TPSA) is 76.2 Å².